The number of rotatable bonds is 8. The summed E-state index contributed by atoms with van der Waals surface area (Å²) in [5, 5.41) is 2.33. The third-order valence-electron chi connectivity index (χ3n) is 5.15. The number of amides is 2. The van der Waals surface area contributed by atoms with Crippen LogP contribution in [0.3, 0.4) is 0 Å². The monoisotopic (exact) mass is 448 g/mol. The maximum absolute atomic E-state index is 12.9. The van der Waals surface area contributed by atoms with Crippen molar-refractivity contribution in [3.8, 4) is 22.9 Å². The lowest BCUT2D eigenvalue weighted by molar-refractivity contribution is 0.101. The number of nitrogens with zero attached hydrogens (tertiary/aromatic N) is 5. The Bertz CT molecular complexity index is 1090. The van der Waals surface area contributed by atoms with Crippen LogP contribution in [0.25, 0.3) is 16.9 Å². The number of ether oxygens (including phenoxy) is 2. The van der Waals surface area contributed by atoms with Crippen molar-refractivity contribution in [2.75, 3.05) is 20.8 Å². The van der Waals surface area contributed by atoms with E-state index >= 15 is 0 Å². The Hall–Kier alpha value is -3.50. The van der Waals surface area contributed by atoms with E-state index in [1.807, 2.05) is 0 Å². The molecule has 0 fully saturated rings. The number of fused-ring (bicyclic) bond motifs is 1. The molecule has 2 amide bonds. The van der Waals surface area contributed by atoms with E-state index in [-0.39, 0.29) is 0 Å². The molecule has 3 aromatic heterocycles. The Labute approximate surface area is 184 Å². The third kappa shape index (κ3) is 4.56. The number of methoxy groups -OCH3 is 2. The van der Waals surface area contributed by atoms with Crippen LogP contribution in [0.1, 0.15) is 32.5 Å². The first-order chi connectivity index (χ1) is 15.3. The lowest BCUT2D eigenvalue weighted by Gasteiger charge is -2.29. The first kappa shape index (κ1) is 23.2. The zero-order valence-corrected chi connectivity index (χ0v) is 18.5. The van der Waals surface area contributed by atoms with Gasteiger partial charge in [-0.25, -0.2) is 23.5 Å². The number of carbonyl (C=O) groups is 1. The average molecular weight is 448 g/mol. The van der Waals surface area contributed by atoms with E-state index in [1.165, 1.54) is 26.0 Å². The topological polar surface area (TPSA) is 93.9 Å². The lowest BCUT2D eigenvalue weighted by Crippen LogP contribution is -2.47. The largest absolute Gasteiger partial charge is 0.494 e. The van der Waals surface area contributed by atoms with Gasteiger partial charge < -0.3 is 24.1 Å². The number of urea groups is 1. The number of hydrogen-bond donors (Lipinski definition) is 1. The van der Waals surface area contributed by atoms with Gasteiger partial charge in [0, 0.05) is 30.7 Å². The van der Waals surface area contributed by atoms with Gasteiger partial charge in [0.2, 0.25) is 0 Å². The second-order valence-corrected chi connectivity index (χ2v) is 7.14. The van der Waals surface area contributed by atoms with Gasteiger partial charge in [-0.3, -0.25) is 4.98 Å². The maximum Gasteiger partial charge on any atom is 0.318 e. The van der Waals surface area contributed by atoms with E-state index in [9.17, 15) is 13.6 Å². The summed E-state index contributed by atoms with van der Waals surface area (Å²) in [6.45, 7) is 5.11. The number of hydrogen-bond acceptors (Lipinski definition) is 6. The molecule has 3 aromatic rings. The molecule has 0 spiro atoms. The van der Waals surface area contributed by atoms with Crippen molar-refractivity contribution in [3.63, 3.8) is 0 Å². The van der Waals surface area contributed by atoms with Crippen LogP contribution in [0.5, 0.6) is 11.6 Å². The third-order valence-corrected chi connectivity index (χ3v) is 5.15. The molecule has 3 rings (SSSR count). The first-order valence-corrected chi connectivity index (χ1v) is 10.1. The van der Waals surface area contributed by atoms with Crippen LogP contribution >= 0.6 is 0 Å². The van der Waals surface area contributed by atoms with Gasteiger partial charge in [-0.05, 0) is 26.8 Å². The Morgan fingerprint density at radius 3 is 2.62 bits per heavy atom. The molecule has 3 heterocycles. The standard InChI is InChI=1S/C21H26F2N6O3/c1-6-29(21(30)26-12(2)18(22)23)13(3)15-9-14(17(31-4)10-25-15)16-11-28-8-7-24-19(28)20(27-16)32-5/h7-13,18H,6H2,1-5H3,(H,26,30)/t12?,13-/m1/s1. The van der Waals surface area contributed by atoms with Crippen molar-refractivity contribution < 1.29 is 23.0 Å². The van der Waals surface area contributed by atoms with Gasteiger partial charge >= 0.3 is 6.03 Å². The molecule has 32 heavy (non-hydrogen) atoms. The second-order valence-electron chi connectivity index (χ2n) is 7.14. The predicted octanol–water partition coefficient (Wildman–Crippen LogP) is 3.55. The molecule has 9 nitrogen and oxygen atoms in total. The molecule has 0 aliphatic rings. The molecule has 11 heteroatoms. The van der Waals surface area contributed by atoms with Crippen LogP contribution in [0.15, 0.2) is 30.9 Å². The predicted molar refractivity (Wildman–Crippen MR) is 114 cm³/mol. The van der Waals surface area contributed by atoms with E-state index in [0.717, 1.165) is 0 Å². The summed E-state index contributed by atoms with van der Waals surface area (Å²) in [4.78, 5) is 27.2. The molecule has 0 aliphatic heterocycles. The number of pyridine rings is 1. The van der Waals surface area contributed by atoms with Crippen molar-refractivity contribution in [2.45, 2.75) is 39.3 Å². The first-order valence-electron chi connectivity index (χ1n) is 10.1. The zero-order valence-electron chi connectivity index (χ0n) is 18.5. The fourth-order valence-electron chi connectivity index (χ4n) is 3.31. The van der Waals surface area contributed by atoms with Crippen molar-refractivity contribution >= 4 is 11.7 Å². The molecule has 1 unspecified atom stereocenters. The fraction of sp³-hybridized carbons (Fsp3) is 0.429. The van der Waals surface area contributed by atoms with Gasteiger partial charge in [0.25, 0.3) is 12.3 Å². The van der Waals surface area contributed by atoms with Crippen molar-refractivity contribution in [1.82, 2.24) is 29.6 Å². The molecule has 0 saturated heterocycles. The van der Waals surface area contributed by atoms with Crippen LogP contribution in [0, 0.1) is 0 Å². The Morgan fingerprint density at radius 2 is 2.00 bits per heavy atom. The Kier molecular flexibility index (Phi) is 7.06. The average Bonchev–Trinajstić information content (AvgIpc) is 3.27. The Morgan fingerprint density at radius 1 is 1.25 bits per heavy atom. The molecule has 0 saturated carbocycles. The molecule has 1 N–H and O–H groups in total. The van der Waals surface area contributed by atoms with Gasteiger partial charge in [0.05, 0.1) is 43.9 Å². The zero-order chi connectivity index (χ0) is 23.4. The Balaban J connectivity index is 1.99. The van der Waals surface area contributed by atoms with Crippen LogP contribution in [0.4, 0.5) is 13.6 Å². The minimum atomic E-state index is -2.65. The summed E-state index contributed by atoms with van der Waals surface area (Å²) in [6.07, 6.45) is 4.08. The highest BCUT2D eigenvalue weighted by atomic mass is 19.3. The van der Waals surface area contributed by atoms with E-state index in [0.29, 0.717) is 40.8 Å². The summed E-state index contributed by atoms with van der Waals surface area (Å²) in [7, 11) is 3.03. The number of halogens is 2. The summed E-state index contributed by atoms with van der Waals surface area (Å²) in [5.74, 6) is 0.824. The van der Waals surface area contributed by atoms with Crippen LogP contribution in [-0.4, -0.2) is 63.5 Å². The SMILES string of the molecule is CCN(C(=O)NC(C)C(F)F)[C@H](C)c1cc(-c2cn3ccnc3c(OC)n2)c(OC)cn1. The van der Waals surface area contributed by atoms with E-state index < -0.39 is 24.5 Å². The number of nitrogens with one attached hydrogen (secondary N) is 1. The van der Waals surface area contributed by atoms with Crippen molar-refractivity contribution in [2.24, 2.45) is 0 Å². The van der Waals surface area contributed by atoms with Crippen molar-refractivity contribution in [3.05, 3.63) is 36.5 Å². The maximum atomic E-state index is 12.9. The summed E-state index contributed by atoms with van der Waals surface area (Å²) in [6, 6.07) is -0.581. The van der Waals surface area contributed by atoms with Gasteiger partial charge in [0.15, 0.2) is 5.65 Å². The quantitative estimate of drug-likeness (QED) is 0.566. The van der Waals surface area contributed by atoms with Crippen LogP contribution in [0.2, 0.25) is 0 Å². The van der Waals surface area contributed by atoms with E-state index in [2.05, 4.69) is 20.3 Å². The highest BCUT2D eigenvalue weighted by Crippen LogP contribution is 2.33. The highest BCUT2D eigenvalue weighted by molar-refractivity contribution is 5.75. The van der Waals surface area contributed by atoms with Gasteiger partial charge in [-0.2, -0.15) is 0 Å². The molecule has 0 aromatic carbocycles. The summed E-state index contributed by atoms with van der Waals surface area (Å²) < 4.78 is 38.4. The minimum Gasteiger partial charge on any atom is -0.494 e. The molecular formula is C21H26F2N6O3. The van der Waals surface area contributed by atoms with Gasteiger partial charge in [-0.15, -0.1) is 0 Å². The normalized spacial score (nSPS) is 13.1. The minimum absolute atomic E-state index is 0.305. The molecule has 172 valence electrons. The molecule has 2 atom stereocenters. The molecule has 0 radical (unpaired) electrons. The smallest absolute Gasteiger partial charge is 0.318 e. The molecular weight excluding hydrogens is 422 g/mol. The number of aromatic nitrogens is 4. The van der Waals surface area contributed by atoms with Crippen LogP contribution in [-0.2, 0) is 0 Å². The van der Waals surface area contributed by atoms with Gasteiger partial charge in [0.1, 0.15) is 5.75 Å². The lowest BCUT2D eigenvalue weighted by atomic mass is 10.1. The highest BCUT2D eigenvalue weighted by Gasteiger charge is 2.26. The van der Waals surface area contributed by atoms with Gasteiger partial charge in [-0.1, -0.05) is 0 Å². The van der Waals surface area contributed by atoms with Crippen LogP contribution < -0.4 is 14.8 Å². The summed E-state index contributed by atoms with van der Waals surface area (Å²) >= 11 is 0. The summed E-state index contributed by atoms with van der Waals surface area (Å²) in [5.41, 5.74) is 2.31. The number of imidazole rings is 1. The number of alkyl halides is 2. The fourth-order valence-corrected chi connectivity index (χ4v) is 3.31. The second kappa shape index (κ2) is 9.75. The van der Waals surface area contributed by atoms with E-state index in [4.69, 9.17) is 9.47 Å². The molecule has 0 aliphatic carbocycles. The van der Waals surface area contributed by atoms with E-state index in [1.54, 1.807) is 49.1 Å². The molecule has 0 bridgehead atoms. The van der Waals surface area contributed by atoms with Crippen molar-refractivity contribution in [1.29, 1.82) is 0 Å². The number of carbonyl (C=O) groups excluding carboxylic acids is 1.